The van der Waals surface area contributed by atoms with Gasteiger partial charge in [0.1, 0.15) is 5.51 Å². The lowest BCUT2D eigenvalue weighted by atomic mass is 10.2. The number of carboxylic acids is 1. The van der Waals surface area contributed by atoms with E-state index in [1.165, 1.54) is 16.9 Å². The summed E-state index contributed by atoms with van der Waals surface area (Å²) in [5, 5.41) is 19.9. The van der Waals surface area contributed by atoms with E-state index >= 15 is 0 Å². The molecule has 0 spiro atoms. The fraction of sp³-hybridized carbons (Fsp3) is 0.261. The van der Waals surface area contributed by atoms with Gasteiger partial charge in [0, 0.05) is 37.7 Å². The molecule has 0 saturated carbocycles. The molecule has 2 aromatic heterocycles. The molecule has 0 bridgehead atoms. The summed E-state index contributed by atoms with van der Waals surface area (Å²) in [6.07, 6.45) is -5.08. The summed E-state index contributed by atoms with van der Waals surface area (Å²) in [6.45, 7) is 4.53. The van der Waals surface area contributed by atoms with Crippen molar-refractivity contribution < 1.29 is 23.1 Å². The first kappa shape index (κ1) is 26.5. The predicted octanol–water partition coefficient (Wildman–Crippen LogP) is 4.83. The van der Waals surface area contributed by atoms with E-state index < -0.39 is 12.1 Å². The molecular weight excluding hydrogens is 531 g/mol. The van der Waals surface area contributed by atoms with Crippen LogP contribution in [0.2, 0.25) is 5.02 Å². The maximum absolute atomic E-state index is 10.6. The molecule has 2 N–H and O–H groups in total. The molecule has 0 unspecified atom stereocenters. The Balaban J connectivity index is 0.000000405. The van der Waals surface area contributed by atoms with E-state index in [1.54, 1.807) is 5.51 Å². The van der Waals surface area contributed by atoms with Crippen LogP contribution in [-0.2, 0) is 11.3 Å². The van der Waals surface area contributed by atoms with Gasteiger partial charge in [0.25, 0.3) is 0 Å². The van der Waals surface area contributed by atoms with Gasteiger partial charge >= 0.3 is 12.1 Å². The molecule has 1 aliphatic heterocycles. The Morgan fingerprint density at radius 1 is 1.05 bits per heavy atom. The van der Waals surface area contributed by atoms with Crippen LogP contribution in [0.5, 0.6) is 0 Å². The van der Waals surface area contributed by atoms with Crippen LogP contribution in [0.15, 0.2) is 54.0 Å². The van der Waals surface area contributed by atoms with Crippen molar-refractivity contribution in [3.63, 3.8) is 0 Å². The van der Waals surface area contributed by atoms with Crippen molar-refractivity contribution in [2.75, 3.05) is 36.4 Å². The smallest absolute Gasteiger partial charge is 0.475 e. The van der Waals surface area contributed by atoms with Crippen molar-refractivity contribution in [3.8, 4) is 0 Å². The molecule has 4 aromatic rings. The maximum atomic E-state index is 10.6. The lowest BCUT2D eigenvalue weighted by molar-refractivity contribution is -0.192. The van der Waals surface area contributed by atoms with Crippen molar-refractivity contribution in [1.82, 2.24) is 25.1 Å². The van der Waals surface area contributed by atoms with Crippen molar-refractivity contribution >= 4 is 56.7 Å². The summed E-state index contributed by atoms with van der Waals surface area (Å²) >= 11 is 7.57. The Morgan fingerprint density at radius 3 is 2.32 bits per heavy atom. The van der Waals surface area contributed by atoms with Gasteiger partial charge in [0.2, 0.25) is 5.13 Å². The standard InChI is InChI=1S/C21H20ClN7S.C2HF3O2/c22-16-5-3-4-15(12-16)13-28-8-10-29(11-9-28)20-19(26-21-27-23-14-30-21)24-17-6-1-2-7-18(17)25-20;3-2(4,5)1(6)7/h1-7,12,14H,8-11,13H2,(H,24,26,27);(H,6,7). The van der Waals surface area contributed by atoms with Crippen LogP contribution < -0.4 is 10.2 Å². The zero-order chi connectivity index (χ0) is 26.4. The second kappa shape index (κ2) is 11.7. The summed E-state index contributed by atoms with van der Waals surface area (Å²) in [7, 11) is 0. The number of hydrogen-bond donors (Lipinski definition) is 2. The molecule has 9 nitrogen and oxygen atoms in total. The number of hydrogen-bond acceptors (Lipinski definition) is 9. The summed E-state index contributed by atoms with van der Waals surface area (Å²) in [5.74, 6) is -1.19. The van der Waals surface area contributed by atoms with E-state index in [1.807, 2.05) is 42.5 Å². The monoisotopic (exact) mass is 551 g/mol. The number of aromatic nitrogens is 4. The van der Waals surface area contributed by atoms with E-state index in [9.17, 15) is 13.2 Å². The number of carbonyl (C=O) groups is 1. The minimum atomic E-state index is -5.08. The first-order chi connectivity index (χ1) is 17.7. The van der Waals surface area contributed by atoms with Gasteiger partial charge in [0.05, 0.1) is 11.0 Å². The summed E-state index contributed by atoms with van der Waals surface area (Å²) in [4.78, 5) is 23.4. The van der Waals surface area contributed by atoms with Gasteiger partial charge in [-0.05, 0) is 29.8 Å². The van der Waals surface area contributed by atoms with E-state index in [0.717, 1.165) is 54.6 Å². The molecule has 1 fully saturated rings. The quantitative estimate of drug-likeness (QED) is 0.360. The van der Waals surface area contributed by atoms with Crippen LogP contribution in [0.25, 0.3) is 11.0 Å². The number of nitrogens with one attached hydrogen (secondary N) is 1. The van der Waals surface area contributed by atoms with Crippen molar-refractivity contribution in [3.05, 3.63) is 64.6 Å². The Hall–Kier alpha value is -3.55. The molecule has 3 heterocycles. The number of alkyl halides is 3. The molecule has 194 valence electrons. The van der Waals surface area contributed by atoms with Gasteiger partial charge in [-0.2, -0.15) is 13.2 Å². The normalized spacial score (nSPS) is 14.2. The fourth-order valence-electron chi connectivity index (χ4n) is 3.64. The van der Waals surface area contributed by atoms with Gasteiger partial charge in [-0.15, -0.1) is 10.2 Å². The summed E-state index contributed by atoms with van der Waals surface area (Å²) in [6, 6.07) is 16.0. The number of nitrogens with zero attached hydrogens (tertiary/aromatic N) is 6. The average molecular weight is 552 g/mol. The van der Waals surface area contributed by atoms with E-state index in [4.69, 9.17) is 31.5 Å². The lowest BCUT2D eigenvalue weighted by Crippen LogP contribution is -2.46. The number of piperazine rings is 1. The highest BCUT2D eigenvalue weighted by Crippen LogP contribution is 2.29. The van der Waals surface area contributed by atoms with E-state index in [2.05, 4.69) is 31.4 Å². The third kappa shape index (κ3) is 7.24. The highest BCUT2D eigenvalue weighted by Gasteiger charge is 2.38. The molecule has 0 aliphatic carbocycles. The van der Waals surface area contributed by atoms with Gasteiger partial charge < -0.3 is 15.3 Å². The molecule has 5 rings (SSSR count). The SMILES string of the molecule is Clc1cccc(CN2CCN(c3nc4ccccc4nc3Nc3nncs3)CC2)c1.O=C(O)C(F)(F)F. The molecular formula is C23H21ClF3N7O2S. The molecule has 0 radical (unpaired) electrons. The number of rotatable bonds is 5. The van der Waals surface area contributed by atoms with E-state index in [0.29, 0.717) is 10.9 Å². The minimum absolute atomic E-state index is 0.709. The Morgan fingerprint density at radius 2 is 1.73 bits per heavy atom. The Bertz CT molecular complexity index is 1350. The zero-order valence-electron chi connectivity index (χ0n) is 19.2. The largest absolute Gasteiger partial charge is 0.490 e. The Kier molecular flexibility index (Phi) is 8.36. The summed E-state index contributed by atoms with van der Waals surface area (Å²) in [5.41, 5.74) is 4.68. The van der Waals surface area contributed by atoms with Crippen LogP contribution in [0, 0.1) is 0 Å². The minimum Gasteiger partial charge on any atom is -0.475 e. The molecule has 14 heteroatoms. The second-order valence-corrected chi connectivity index (χ2v) is 9.22. The maximum Gasteiger partial charge on any atom is 0.490 e. The first-order valence-corrected chi connectivity index (χ1v) is 12.3. The molecule has 1 aliphatic rings. The average Bonchev–Trinajstić information content (AvgIpc) is 3.37. The van der Waals surface area contributed by atoms with Gasteiger partial charge in [-0.25, -0.2) is 14.8 Å². The first-order valence-electron chi connectivity index (χ1n) is 11.0. The molecule has 1 saturated heterocycles. The number of anilines is 3. The highest BCUT2D eigenvalue weighted by atomic mass is 35.5. The van der Waals surface area contributed by atoms with Crippen LogP contribution in [0.3, 0.4) is 0 Å². The van der Waals surface area contributed by atoms with Crippen LogP contribution >= 0.6 is 22.9 Å². The predicted molar refractivity (Wildman–Crippen MR) is 135 cm³/mol. The number of benzene rings is 2. The van der Waals surface area contributed by atoms with E-state index in [-0.39, 0.29) is 0 Å². The molecule has 2 aromatic carbocycles. The van der Waals surface area contributed by atoms with Crippen molar-refractivity contribution in [2.45, 2.75) is 12.7 Å². The van der Waals surface area contributed by atoms with Crippen molar-refractivity contribution in [1.29, 1.82) is 0 Å². The number of para-hydroxylation sites is 2. The van der Waals surface area contributed by atoms with Crippen LogP contribution in [0.1, 0.15) is 5.56 Å². The third-order valence-electron chi connectivity index (χ3n) is 5.35. The van der Waals surface area contributed by atoms with Gasteiger partial charge in [0.15, 0.2) is 11.6 Å². The van der Waals surface area contributed by atoms with Crippen LogP contribution in [0.4, 0.5) is 29.9 Å². The number of aliphatic carboxylic acids is 1. The molecule has 0 amide bonds. The van der Waals surface area contributed by atoms with Crippen LogP contribution in [-0.4, -0.2) is 68.5 Å². The molecule has 0 atom stereocenters. The lowest BCUT2D eigenvalue weighted by Gasteiger charge is -2.36. The van der Waals surface area contributed by atoms with Gasteiger partial charge in [-0.3, -0.25) is 4.90 Å². The number of carboxylic acid groups (broad SMARTS) is 1. The number of halogens is 4. The topological polar surface area (TPSA) is 107 Å². The summed E-state index contributed by atoms with van der Waals surface area (Å²) < 4.78 is 31.7. The van der Waals surface area contributed by atoms with Gasteiger partial charge in [-0.1, -0.05) is 47.2 Å². The third-order valence-corrected chi connectivity index (χ3v) is 6.19. The van der Waals surface area contributed by atoms with Crippen molar-refractivity contribution in [2.24, 2.45) is 0 Å². The fourth-order valence-corrected chi connectivity index (χ4v) is 4.29. The Labute approximate surface area is 218 Å². The molecule has 37 heavy (non-hydrogen) atoms. The highest BCUT2D eigenvalue weighted by molar-refractivity contribution is 7.13. The second-order valence-electron chi connectivity index (χ2n) is 7.95. The number of fused-ring (bicyclic) bond motifs is 1. The zero-order valence-corrected chi connectivity index (χ0v) is 20.8.